The van der Waals surface area contributed by atoms with Gasteiger partial charge in [-0.25, -0.2) is 4.68 Å². The van der Waals surface area contributed by atoms with Crippen molar-refractivity contribution in [2.24, 2.45) is 0 Å². The van der Waals surface area contributed by atoms with E-state index in [4.69, 9.17) is 11.6 Å². The van der Waals surface area contributed by atoms with Crippen LogP contribution >= 0.6 is 11.6 Å². The van der Waals surface area contributed by atoms with Gasteiger partial charge in [-0.3, -0.25) is 4.79 Å². The van der Waals surface area contributed by atoms with Crippen LogP contribution in [0, 0.1) is 0 Å². The van der Waals surface area contributed by atoms with Gasteiger partial charge in [-0.2, -0.15) is 0 Å². The Kier molecular flexibility index (Phi) is 5.02. The van der Waals surface area contributed by atoms with E-state index in [1.165, 1.54) is 29.4 Å². The van der Waals surface area contributed by atoms with Crippen molar-refractivity contribution in [2.75, 3.05) is 6.54 Å². The van der Waals surface area contributed by atoms with Crippen molar-refractivity contribution in [1.29, 1.82) is 0 Å². The predicted octanol–water partition coefficient (Wildman–Crippen LogP) is 2.94. The van der Waals surface area contributed by atoms with E-state index >= 15 is 0 Å². The molecule has 0 fully saturated rings. The SMILES string of the molecule is O=C(NCCC1=CCCCC1)c1cc(-n2cnnn2)ccc1Cl. The van der Waals surface area contributed by atoms with E-state index in [1.807, 2.05) is 0 Å². The second kappa shape index (κ2) is 7.37. The highest BCUT2D eigenvalue weighted by Crippen LogP contribution is 2.21. The molecule has 1 aliphatic carbocycles. The third-order valence-electron chi connectivity index (χ3n) is 3.92. The van der Waals surface area contributed by atoms with Gasteiger partial charge in [-0.05, 0) is 60.7 Å². The minimum absolute atomic E-state index is 0.179. The van der Waals surface area contributed by atoms with E-state index in [-0.39, 0.29) is 5.91 Å². The molecule has 0 radical (unpaired) electrons. The number of hydrogen-bond acceptors (Lipinski definition) is 4. The minimum Gasteiger partial charge on any atom is -0.352 e. The highest BCUT2D eigenvalue weighted by atomic mass is 35.5. The van der Waals surface area contributed by atoms with E-state index in [0.29, 0.717) is 22.8 Å². The molecule has 0 spiro atoms. The number of halogens is 1. The predicted molar refractivity (Wildman–Crippen MR) is 87.7 cm³/mol. The van der Waals surface area contributed by atoms with Crippen LogP contribution < -0.4 is 5.32 Å². The molecule has 2 aromatic rings. The molecule has 23 heavy (non-hydrogen) atoms. The van der Waals surface area contributed by atoms with E-state index in [0.717, 1.165) is 19.3 Å². The molecule has 0 bridgehead atoms. The van der Waals surface area contributed by atoms with Crippen molar-refractivity contribution in [3.05, 3.63) is 46.8 Å². The molecular weight excluding hydrogens is 314 g/mol. The number of amides is 1. The fraction of sp³-hybridized carbons (Fsp3) is 0.375. The van der Waals surface area contributed by atoms with Gasteiger partial charge in [0.25, 0.3) is 5.91 Å². The van der Waals surface area contributed by atoms with Gasteiger partial charge in [-0.1, -0.05) is 23.3 Å². The van der Waals surface area contributed by atoms with Gasteiger partial charge in [0.05, 0.1) is 16.3 Å². The van der Waals surface area contributed by atoms with Crippen molar-refractivity contribution in [2.45, 2.75) is 32.1 Å². The second-order valence-electron chi connectivity index (χ2n) is 5.53. The average Bonchev–Trinajstić information content (AvgIpc) is 3.10. The van der Waals surface area contributed by atoms with Crippen LogP contribution in [-0.2, 0) is 0 Å². The third-order valence-corrected chi connectivity index (χ3v) is 4.25. The maximum absolute atomic E-state index is 12.4. The Morgan fingerprint density at radius 2 is 2.26 bits per heavy atom. The van der Waals surface area contributed by atoms with Crippen LogP contribution in [0.15, 0.2) is 36.2 Å². The molecule has 1 heterocycles. The van der Waals surface area contributed by atoms with E-state index in [9.17, 15) is 4.79 Å². The van der Waals surface area contributed by atoms with Crippen LogP contribution in [0.2, 0.25) is 5.02 Å². The summed E-state index contributed by atoms with van der Waals surface area (Å²) in [5, 5.41) is 14.3. The molecule has 1 N–H and O–H groups in total. The van der Waals surface area contributed by atoms with Gasteiger partial charge in [-0.15, -0.1) is 5.10 Å². The molecule has 1 aromatic carbocycles. The van der Waals surface area contributed by atoms with Crippen molar-refractivity contribution >= 4 is 17.5 Å². The van der Waals surface area contributed by atoms with E-state index in [2.05, 4.69) is 26.9 Å². The first-order chi connectivity index (χ1) is 11.2. The van der Waals surface area contributed by atoms with Gasteiger partial charge >= 0.3 is 0 Å². The monoisotopic (exact) mass is 331 g/mol. The van der Waals surface area contributed by atoms with Gasteiger partial charge in [0.1, 0.15) is 6.33 Å². The number of nitrogens with one attached hydrogen (secondary N) is 1. The zero-order chi connectivity index (χ0) is 16.1. The summed E-state index contributed by atoms with van der Waals surface area (Å²) < 4.78 is 1.49. The number of rotatable bonds is 5. The number of allylic oxidation sites excluding steroid dienone is 1. The van der Waals surface area contributed by atoms with Crippen molar-refractivity contribution in [1.82, 2.24) is 25.5 Å². The molecule has 0 saturated carbocycles. The number of benzene rings is 1. The zero-order valence-corrected chi connectivity index (χ0v) is 13.5. The lowest BCUT2D eigenvalue weighted by Crippen LogP contribution is -2.25. The summed E-state index contributed by atoms with van der Waals surface area (Å²) in [5.41, 5.74) is 2.56. The molecule has 0 saturated heterocycles. The molecule has 0 aliphatic heterocycles. The van der Waals surface area contributed by atoms with E-state index < -0.39 is 0 Å². The molecule has 120 valence electrons. The van der Waals surface area contributed by atoms with Gasteiger partial charge in [0.2, 0.25) is 0 Å². The largest absolute Gasteiger partial charge is 0.352 e. The summed E-state index contributed by atoms with van der Waals surface area (Å²) in [6, 6.07) is 5.13. The lowest BCUT2D eigenvalue weighted by atomic mass is 9.97. The molecule has 6 nitrogen and oxygen atoms in total. The Balaban J connectivity index is 1.64. The minimum atomic E-state index is -0.179. The van der Waals surface area contributed by atoms with Crippen LogP contribution in [0.1, 0.15) is 42.5 Å². The van der Waals surface area contributed by atoms with E-state index in [1.54, 1.807) is 18.2 Å². The van der Waals surface area contributed by atoms with Crippen LogP contribution in [-0.4, -0.2) is 32.7 Å². The Morgan fingerprint density at radius 3 is 3.00 bits per heavy atom. The van der Waals surface area contributed by atoms with Gasteiger partial charge in [0.15, 0.2) is 0 Å². The first-order valence-electron chi connectivity index (χ1n) is 7.73. The summed E-state index contributed by atoms with van der Waals surface area (Å²) in [5.74, 6) is -0.179. The number of tetrazole rings is 1. The smallest absolute Gasteiger partial charge is 0.252 e. The number of carbonyl (C=O) groups excluding carboxylic acids is 1. The quantitative estimate of drug-likeness (QED) is 0.855. The molecule has 7 heteroatoms. The highest BCUT2D eigenvalue weighted by Gasteiger charge is 2.12. The summed E-state index contributed by atoms with van der Waals surface area (Å²) in [4.78, 5) is 12.4. The number of carbonyl (C=O) groups is 1. The first kappa shape index (κ1) is 15.7. The molecule has 1 aromatic heterocycles. The Bertz CT molecular complexity index is 711. The molecule has 1 amide bonds. The Hall–Kier alpha value is -2.21. The normalized spacial score (nSPS) is 14.4. The number of nitrogens with zero attached hydrogens (tertiary/aromatic N) is 4. The Morgan fingerprint density at radius 1 is 1.35 bits per heavy atom. The summed E-state index contributed by atoms with van der Waals surface area (Å²) >= 11 is 6.15. The lowest BCUT2D eigenvalue weighted by molar-refractivity contribution is 0.0954. The highest BCUT2D eigenvalue weighted by molar-refractivity contribution is 6.33. The summed E-state index contributed by atoms with van der Waals surface area (Å²) in [7, 11) is 0. The number of aromatic nitrogens is 4. The molecule has 0 atom stereocenters. The maximum Gasteiger partial charge on any atom is 0.252 e. The fourth-order valence-electron chi connectivity index (χ4n) is 2.67. The summed E-state index contributed by atoms with van der Waals surface area (Å²) in [6.45, 7) is 0.621. The van der Waals surface area contributed by atoms with Crippen LogP contribution in [0.25, 0.3) is 5.69 Å². The van der Waals surface area contributed by atoms with Gasteiger partial charge in [0, 0.05) is 6.54 Å². The van der Waals surface area contributed by atoms with Gasteiger partial charge < -0.3 is 5.32 Å². The third kappa shape index (κ3) is 3.96. The molecule has 0 unspecified atom stereocenters. The van der Waals surface area contributed by atoms with Crippen molar-refractivity contribution in [3.63, 3.8) is 0 Å². The van der Waals surface area contributed by atoms with Crippen LogP contribution in [0.3, 0.4) is 0 Å². The van der Waals surface area contributed by atoms with Crippen LogP contribution in [0.4, 0.5) is 0 Å². The van der Waals surface area contributed by atoms with Crippen molar-refractivity contribution in [3.8, 4) is 5.69 Å². The van der Waals surface area contributed by atoms with Crippen molar-refractivity contribution < 1.29 is 4.79 Å². The summed E-state index contributed by atoms with van der Waals surface area (Å²) in [6.07, 6.45) is 9.49. The average molecular weight is 332 g/mol. The maximum atomic E-state index is 12.4. The molecule has 3 rings (SSSR count). The molecular formula is C16H18ClN5O. The molecule has 1 aliphatic rings. The lowest BCUT2D eigenvalue weighted by Gasteiger charge is -2.13. The second-order valence-corrected chi connectivity index (χ2v) is 5.94. The number of hydrogen-bond donors (Lipinski definition) is 1. The van der Waals surface area contributed by atoms with Crippen LogP contribution in [0.5, 0.6) is 0 Å². The first-order valence-corrected chi connectivity index (χ1v) is 8.11. The Labute approximate surface area is 139 Å². The standard InChI is InChI=1S/C16H18ClN5O/c17-15-7-6-13(22-11-19-20-21-22)10-14(15)16(23)18-9-8-12-4-2-1-3-5-12/h4,6-7,10-11H,1-3,5,8-9H2,(H,18,23). The fourth-order valence-corrected chi connectivity index (χ4v) is 2.88. The zero-order valence-electron chi connectivity index (χ0n) is 12.7. The topological polar surface area (TPSA) is 72.7 Å².